The minimum atomic E-state index is 0.0890. The van der Waals surface area contributed by atoms with Gasteiger partial charge in [-0.2, -0.15) is 5.10 Å². The lowest BCUT2D eigenvalue weighted by Gasteiger charge is -2.08. The van der Waals surface area contributed by atoms with Gasteiger partial charge in [-0.05, 0) is 37.0 Å². The second-order valence-corrected chi connectivity index (χ2v) is 5.65. The van der Waals surface area contributed by atoms with Crippen molar-refractivity contribution in [2.45, 2.75) is 40.7 Å². The standard InChI is InChI=1S/C16H21N3O/c1-11(2)9-19-16(17-10-18-19)8-15(20)14-6-5-12(3)13(4)7-14/h5-7,10-11H,8-9H2,1-4H3. The Morgan fingerprint density at radius 1 is 1.25 bits per heavy atom. The van der Waals surface area contributed by atoms with E-state index in [2.05, 4.69) is 23.9 Å². The predicted octanol–water partition coefficient (Wildman–Crippen LogP) is 2.98. The van der Waals surface area contributed by atoms with Gasteiger partial charge in [0.05, 0.1) is 6.42 Å². The van der Waals surface area contributed by atoms with Crippen molar-refractivity contribution in [3.63, 3.8) is 0 Å². The molecule has 2 rings (SSSR count). The molecule has 0 atom stereocenters. The van der Waals surface area contributed by atoms with E-state index in [0.29, 0.717) is 12.3 Å². The molecule has 0 bridgehead atoms. The molecule has 0 aliphatic rings. The third kappa shape index (κ3) is 3.32. The first-order valence-electron chi connectivity index (χ1n) is 6.94. The molecule has 4 heteroatoms. The molecular weight excluding hydrogens is 250 g/mol. The minimum Gasteiger partial charge on any atom is -0.294 e. The van der Waals surface area contributed by atoms with E-state index in [0.717, 1.165) is 23.5 Å². The van der Waals surface area contributed by atoms with Gasteiger partial charge in [0.15, 0.2) is 5.78 Å². The van der Waals surface area contributed by atoms with Crippen molar-refractivity contribution in [1.82, 2.24) is 14.8 Å². The molecule has 0 saturated carbocycles. The van der Waals surface area contributed by atoms with E-state index >= 15 is 0 Å². The fraction of sp³-hybridized carbons (Fsp3) is 0.438. The Hall–Kier alpha value is -1.97. The zero-order chi connectivity index (χ0) is 14.7. The van der Waals surface area contributed by atoms with Crippen LogP contribution in [0.5, 0.6) is 0 Å². The topological polar surface area (TPSA) is 47.8 Å². The zero-order valence-electron chi connectivity index (χ0n) is 12.6. The van der Waals surface area contributed by atoms with E-state index < -0.39 is 0 Å². The van der Waals surface area contributed by atoms with Crippen LogP contribution in [0.2, 0.25) is 0 Å². The number of rotatable bonds is 5. The highest BCUT2D eigenvalue weighted by Gasteiger charge is 2.13. The van der Waals surface area contributed by atoms with Gasteiger partial charge in [0, 0.05) is 12.1 Å². The molecule has 0 amide bonds. The van der Waals surface area contributed by atoms with Crippen LogP contribution in [-0.4, -0.2) is 20.5 Å². The second kappa shape index (κ2) is 5.99. The number of nitrogens with zero attached hydrogens (tertiary/aromatic N) is 3. The third-order valence-electron chi connectivity index (χ3n) is 3.38. The lowest BCUT2D eigenvalue weighted by atomic mass is 10.0. The molecule has 20 heavy (non-hydrogen) atoms. The molecule has 106 valence electrons. The number of ketones is 1. The highest BCUT2D eigenvalue weighted by atomic mass is 16.1. The van der Waals surface area contributed by atoms with E-state index in [1.807, 2.05) is 36.7 Å². The predicted molar refractivity (Wildman–Crippen MR) is 78.8 cm³/mol. The van der Waals surface area contributed by atoms with E-state index in [9.17, 15) is 4.79 Å². The van der Waals surface area contributed by atoms with Crippen LogP contribution in [-0.2, 0) is 13.0 Å². The smallest absolute Gasteiger partial charge is 0.170 e. The molecule has 1 aromatic heterocycles. The summed E-state index contributed by atoms with van der Waals surface area (Å²) < 4.78 is 1.82. The van der Waals surface area contributed by atoms with Crippen LogP contribution in [0.25, 0.3) is 0 Å². The van der Waals surface area contributed by atoms with Crippen LogP contribution in [0.1, 0.15) is 41.2 Å². The van der Waals surface area contributed by atoms with Crippen molar-refractivity contribution in [3.8, 4) is 0 Å². The van der Waals surface area contributed by atoms with Crippen molar-refractivity contribution in [3.05, 3.63) is 47.0 Å². The molecule has 1 aromatic carbocycles. The van der Waals surface area contributed by atoms with Gasteiger partial charge in [-0.15, -0.1) is 0 Å². The summed E-state index contributed by atoms with van der Waals surface area (Å²) in [5.74, 6) is 1.31. The SMILES string of the molecule is Cc1ccc(C(=O)Cc2ncnn2CC(C)C)cc1C. The van der Waals surface area contributed by atoms with Crippen molar-refractivity contribution < 1.29 is 4.79 Å². The molecule has 0 radical (unpaired) electrons. The number of Topliss-reactive ketones (excluding diaryl/α,β-unsaturated/α-hetero) is 1. The molecule has 0 aliphatic carbocycles. The summed E-state index contributed by atoms with van der Waals surface area (Å²) in [5.41, 5.74) is 3.08. The summed E-state index contributed by atoms with van der Waals surface area (Å²) in [4.78, 5) is 16.5. The summed E-state index contributed by atoms with van der Waals surface area (Å²) in [6.07, 6.45) is 1.82. The van der Waals surface area contributed by atoms with Gasteiger partial charge in [-0.25, -0.2) is 9.67 Å². The zero-order valence-corrected chi connectivity index (χ0v) is 12.6. The Morgan fingerprint density at radius 3 is 2.65 bits per heavy atom. The number of carbonyl (C=O) groups is 1. The maximum absolute atomic E-state index is 12.3. The average Bonchev–Trinajstić information content (AvgIpc) is 2.79. The van der Waals surface area contributed by atoms with E-state index in [1.165, 1.54) is 11.9 Å². The van der Waals surface area contributed by atoms with Gasteiger partial charge in [-0.3, -0.25) is 4.79 Å². The molecule has 2 aromatic rings. The van der Waals surface area contributed by atoms with E-state index in [-0.39, 0.29) is 5.78 Å². The van der Waals surface area contributed by atoms with Crippen molar-refractivity contribution in [2.24, 2.45) is 5.92 Å². The van der Waals surface area contributed by atoms with Crippen LogP contribution in [0.4, 0.5) is 0 Å². The van der Waals surface area contributed by atoms with Gasteiger partial charge in [0.2, 0.25) is 0 Å². The van der Waals surface area contributed by atoms with Crippen molar-refractivity contribution in [1.29, 1.82) is 0 Å². The van der Waals surface area contributed by atoms with Crippen molar-refractivity contribution in [2.75, 3.05) is 0 Å². The summed E-state index contributed by atoms with van der Waals surface area (Å²) in [7, 11) is 0. The molecule has 0 unspecified atom stereocenters. The largest absolute Gasteiger partial charge is 0.294 e. The highest BCUT2D eigenvalue weighted by Crippen LogP contribution is 2.12. The summed E-state index contributed by atoms with van der Waals surface area (Å²) in [6, 6.07) is 5.82. The van der Waals surface area contributed by atoms with Gasteiger partial charge in [0.1, 0.15) is 12.2 Å². The van der Waals surface area contributed by atoms with Crippen LogP contribution < -0.4 is 0 Å². The monoisotopic (exact) mass is 271 g/mol. The average molecular weight is 271 g/mol. The van der Waals surface area contributed by atoms with Crippen molar-refractivity contribution >= 4 is 5.78 Å². The summed E-state index contributed by atoms with van der Waals surface area (Å²) in [6.45, 7) is 9.10. The second-order valence-electron chi connectivity index (χ2n) is 5.65. The maximum atomic E-state index is 12.3. The molecule has 0 fully saturated rings. The Balaban J connectivity index is 2.15. The minimum absolute atomic E-state index is 0.0890. The lowest BCUT2D eigenvalue weighted by Crippen LogP contribution is -2.14. The quantitative estimate of drug-likeness (QED) is 0.785. The number of hydrogen-bond donors (Lipinski definition) is 0. The van der Waals surface area contributed by atoms with Crippen LogP contribution in [0.3, 0.4) is 0 Å². The van der Waals surface area contributed by atoms with Crippen LogP contribution in [0, 0.1) is 19.8 Å². The summed E-state index contributed by atoms with van der Waals surface area (Å²) >= 11 is 0. The Kier molecular flexibility index (Phi) is 4.32. The lowest BCUT2D eigenvalue weighted by molar-refractivity contribution is 0.0989. The Labute approximate surface area is 119 Å². The Morgan fingerprint density at radius 2 is 2.00 bits per heavy atom. The molecule has 0 spiro atoms. The number of aryl methyl sites for hydroxylation is 2. The first kappa shape index (κ1) is 14.4. The fourth-order valence-corrected chi connectivity index (χ4v) is 2.08. The van der Waals surface area contributed by atoms with Gasteiger partial charge < -0.3 is 0 Å². The normalized spacial score (nSPS) is 11.1. The molecule has 0 saturated heterocycles. The van der Waals surface area contributed by atoms with Crippen LogP contribution in [0.15, 0.2) is 24.5 Å². The number of benzene rings is 1. The molecule has 1 heterocycles. The van der Waals surface area contributed by atoms with Crippen LogP contribution >= 0.6 is 0 Å². The third-order valence-corrected chi connectivity index (χ3v) is 3.38. The van der Waals surface area contributed by atoms with Gasteiger partial charge in [-0.1, -0.05) is 26.0 Å². The molecule has 0 N–H and O–H groups in total. The number of hydrogen-bond acceptors (Lipinski definition) is 3. The maximum Gasteiger partial charge on any atom is 0.170 e. The first-order valence-corrected chi connectivity index (χ1v) is 6.94. The van der Waals surface area contributed by atoms with E-state index in [1.54, 1.807) is 0 Å². The highest BCUT2D eigenvalue weighted by molar-refractivity contribution is 5.97. The fourth-order valence-electron chi connectivity index (χ4n) is 2.08. The number of aromatic nitrogens is 3. The molecule has 4 nitrogen and oxygen atoms in total. The molecule has 0 aliphatic heterocycles. The first-order chi connectivity index (χ1) is 9.47. The summed E-state index contributed by atoms with van der Waals surface area (Å²) in [5, 5.41) is 4.19. The Bertz CT molecular complexity index is 614. The van der Waals surface area contributed by atoms with Gasteiger partial charge in [0.25, 0.3) is 0 Å². The van der Waals surface area contributed by atoms with E-state index in [4.69, 9.17) is 0 Å². The molecular formula is C16H21N3O. The van der Waals surface area contributed by atoms with Gasteiger partial charge >= 0.3 is 0 Å². The number of carbonyl (C=O) groups excluding carboxylic acids is 1.